The Labute approximate surface area is 121 Å². The van der Waals surface area contributed by atoms with Crippen LogP contribution >= 0.6 is 12.4 Å². The van der Waals surface area contributed by atoms with Gasteiger partial charge in [0.2, 0.25) is 20.0 Å². The van der Waals surface area contributed by atoms with Crippen molar-refractivity contribution >= 4 is 32.5 Å². The molecule has 0 heterocycles. The highest BCUT2D eigenvalue weighted by Gasteiger charge is 2.29. The maximum absolute atomic E-state index is 11.6. The number of halogens is 1. The fraction of sp³-hybridized carbons (Fsp3) is 1.00. The average Bonchev–Trinajstić information content (AvgIpc) is 3.09. The van der Waals surface area contributed by atoms with Crippen molar-refractivity contribution in [1.82, 2.24) is 9.44 Å². The molecule has 10 heteroatoms. The third-order valence-electron chi connectivity index (χ3n) is 2.84. The van der Waals surface area contributed by atoms with Crippen LogP contribution in [-0.4, -0.2) is 47.5 Å². The summed E-state index contributed by atoms with van der Waals surface area (Å²) in [5.74, 6) is 0.0858. The molecule has 0 aliphatic heterocycles. The van der Waals surface area contributed by atoms with E-state index in [1.54, 1.807) is 0 Å². The van der Waals surface area contributed by atoms with E-state index in [1.165, 1.54) is 6.92 Å². The molecule has 1 unspecified atom stereocenters. The molecule has 1 aliphatic rings. The Balaban J connectivity index is 0.00000324. The SMILES string of the molecule is CCS(=O)(=O)NCCS(=O)(=O)NCC(N)C1CC1.Cl. The van der Waals surface area contributed by atoms with Gasteiger partial charge in [-0.25, -0.2) is 26.3 Å². The van der Waals surface area contributed by atoms with Gasteiger partial charge < -0.3 is 5.73 Å². The zero-order valence-corrected chi connectivity index (χ0v) is 13.3. The lowest BCUT2D eigenvalue weighted by molar-refractivity contribution is 0.546. The Hall–Kier alpha value is 0.0700. The van der Waals surface area contributed by atoms with Gasteiger partial charge in [0.15, 0.2) is 0 Å². The molecule has 116 valence electrons. The van der Waals surface area contributed by atoms with Gasteiger partial charge in [-0.15, -0.1) is 12.4 Å². The predicted molar refractivity (Wildman–Crippen MR) is 77.2 cm³/mol. The largest absolute Gasteiger partial charge is 0.326 e. The molecule has 0 radical (unpaired) electrons. The third-order valence-corrected chi connectivity index (χ3v) is 5.59. The number of nitrogens with one attached hydrogen (secondary N) is 2. The van der Waals surface area contributed by atoms with Gasteiger partial charge >= 0.3 is 0 Å². The van der Waals surface area contributed by atoms with Crippen LogP contribution < -0.4 is 15.2 Å². The Morgan fingerprint density at radius 1 is 1.16 bits per heavy atom. The van der Waals surface area contributed by atoms with Crippen molar-refractivity contribution in [3.63, 3.8) is 0 Å². The molecule has 1 saturated carbocycles. The van der Waals surface area contributed by atoms with Crippen LogP contribution in [0.5, 0.6) is 0 Å². The van der Waals surface area contributed by atoms with E-state index in [2.05, 4.69) is 9.44 Å². The fourth-order valence-electron chi connectivity index (χ4n) is 1.42. The van der Waals surface area contributed by atoms with Crippen LogP contribution in [0.25, 0.3) is 0 Å². The van der Waals surface area contributed by atoms with E-state index in [4.69, 9.17) is 5.73 Å². The van der Waals surface area contributed by atoms with Gasteiger partial charge in [-0.05, 0) is 25.7 Å². The van der Waals surface area contributed by atoms with E-state index in [-0.39, 0.29) is 43.0 Å². The van der Waals surface area contributed by atoms with Crippen molar-refractivity contribution in [3.05, 3.63) is 0 Å². The zero-order chi connectivity index (χ0) is 13.8. The molecule has 1 rings (SSSR count). The number of rotatable bonds is 9. The molecule has 0 amide bonds. The van der Waals surface area contributed by atoms with E-state index in [0.717, 1.165) is 12.8 Å². The van der Waals surface area contributed by atoms with Crippen molar-refractivity contribution in [1.29, 1.82) is 0 Å². The minimum absolute atomic E-state index is 0. The van der Waals surface area contributed by atoms with Gasteiger partial charge in [-0.3, -0.25) is 0 Å². The summed E-state index contributed by atoms with van der Waals surface area (Å²) in [6, 6.07) is -0.146. The van der Waals surface area contributed by atoms with E-state index < -0.39 is 20.0 Å². The lowest BCUT2D eigenvalue weighted by Gasteiger charge is -2.12. The molecule has 19 heavy (non-hydrogen) atoms. The first-order valence-corrected chi connectivity index (χ1v) is 9.26. The maximum atomic E-state index is 11.6. The van der Waals surface area contributed by atoms with Crippen molar-refractivity contribution in [3.8, 4) is 0 Å². The average molecular weight is 336 g/mol. The Morgan fingerprint density at radius 3 is 2.21 bits per heavy atom. The predicted octanol–water partition coefficient (Wildman–Crippen LogP) is -0.996. The summed E-state index contributed by atoms with van der Waals surface area (Å²) in [6.45, 7) is 1.58. The lowest BCUT2D eigenvalue weighted by Crippen LogP contribution is -2.41. The van der Waals surface area contributed by atoms with Crippen LogP contribution in [0.3, 0.4) is 0 Å². The maximum Gasteiger partial charge on any atom is 0.212 e. The summed E-state index contributed by atoms with van der Waals surface area (Å²) >= 11 is 0. The first-order valence-electron chi connectivity index (χ1n) is 5.96. The summed E-state index contributed by atoms with van der Waals surface area (Å²) in [5, 5.41) is 0. The van der Waals surface area contributed by atoms with Crippen molar-refractivity contribution in [2.45, 2.75) is 25.8 Å². The first kappa shape index (κ1) is 19.1. The Kier molecular flexibility index (Phi) is 7.78. The van der Waals surface area contributed by atoms with E-state index in [0.29, 0.717) is 5.92 Å². The summed E-state index contributed by atoms with van der Waals surface area (Å²) in [6.07, 6.45) is 2.11. The number of hydrogen-bond acceptors (Lipinski definition) is 5. The monoisotopic (exact) mass is 335 g/mol. The summed E-state index contributed by atoms with van der Waals surface area (Å²) in [5.41, 5.74) is 5.77. The summed E-state index contributed by atoms with van der Waals surface area (Å²) in [7, 11) is -6.81. The van der Waals surface area contributed by atoms with Crippen molar-refractivity contribution in [2.75, 3.05) is 24.6 Å². The molecular formula is C9H22ClN3O4S2. The molecule has 0 aromatic carbocycles. The van der Waals surface area contributed by atoms with Crippen LogP contribution in [0, 0.1) is 5.92 Å². The van der Waals surface area contributed by atoms with Gasteiger partial charge in [-0.1, -0.05) is 0 Å². The Morgan fingerprint density at radius 2 is 1.74 bits per heavy atom. The highest BCUT2D eigenvalue weighted by atomic mass is 35.5. The van der Waals surface area contributed by atoms with Crippen LogP contribution in [-0.2, 0) is 20.0 Å². The second-order valence-electron chi connectivity index (χ2n) is 4.47. The molecule has 0 spiro atoms. The molecule has 1 atom stereocenters. The quantitative estimate of drug-likeness (QED) is 0.499. The molecule has 1 aliphatic carbocycles. The lowest BCUT2D eigenvalue weighted by atomic mass is 10.2. The van der Waals surface area contributed by atoms with Crippen molar-refractivity contribution < 1.29 is 16.8 Å². The normalized spacial score (nSPS) is 17.8. The van der Waals surface area contributed by atoms with Gasteiger partial charge in [0, 0.05) is 19.1 Å². The number of hydrogen-bond donors (Lipinski definition) is 3. The molecule has 0 aromatic rings. The molecular weight excluding hydrogens is 314 g/mol. The molecule has 0 bridgehead atoms. The van der Waals surface area contributed by atoms with Crippen molar-refractivity contribution in [2.24, 2.45) is 11.7 Å². The minimum atomic E-state index is -3.47. The van der Waals surface area contributed by atoms with Gasteiger partial charge in [-0.2, -0.15) is 0 Å². The highest BCUT2D eigenvalue weighted by Crippen LogP contribution is 2.31. The zero-order valence-electron chi connectivity index (χ0n) is 10.8. The second-order valence-corrected chi connectivity index (χ2v) is 8.49. The molecule has 1 fully saturated rings. The van der Waals surface area contributed by atoms with Crippen LogP contribution in [0.15, 0.2) is 0 Å². The van der Waals surface area contributed by atoms with E-state index in [9.17, 15) is 16.8 Å². The second kappa shape index (κ2) is 7.75. The summed E-state index contributed by atoms with van der Waals surface area (Å²) in [4.78, 5) is 0. The molecule has 7 nitrogen and oxygen atoms in total. The van der Waals surface area contributed by atoms with Crippen LogP contribution in [0.2, 0.25) is 0 Å². The van der Waals surface area contributed by atoms with Gasteiger partial charge in [0.05, 0.1) is 11.5 Å². The van der Waals surface area contributed by atoms with Crippen LogP contribution in [0.1, 0.15) is 19.8 Å². The first-order chi connectivity index (χ1) is 8.26. The summed E-state index contributed by atoms with van der Waals surface area (Å²) < 4.78 is 49.9. The number of sulfonamides is 2. The molecule has 4 N–H and O–H groups in total. The topological polar surface area (TPSA) is 118 Å². The highest BCUT2D eigenvalue weighted by molar-refractivity contribution is 7.90. The van der Waals surface area contributed by atoms with Crippen LogP contribution in [0.4, 0.5) is 0 Å². The number of nitrogens with two attached hydrogens (primary N) is 1. The Bertz CT molecular complexity index is 462. The third kappa shape index (κ3) is 8.05. The van der Waals surface area contributed by atoms with E-state index in [1.807, 2.05) is 0 Å². The standard InChI is InChI=1S/C9H21N3O4S2.ClH/c1-2-17(13,14)11-5-6-18(15,16)12-7-9(10)8-3-4-8;/h8-9,11-12H,2-7,10H2,1H3;1H. The minimum Gasteiger partial charge on any atom is -0.326 e. The van der Waals surface area contributed by atoms with Gasteiger partial charge in [0.25, 0.3) is 0 Å². The molecule has 0 aromatic heterocycles. The smallest absolute Gasteiger partial charge is 0.212 e. The molecule has 0 saturated heterocycles. The van der Waals surface area contributed by atoms with E-state index >= 15 is 0 Å². The fourth-order valence-corrected chi connectivity index (χ4v) is 3.13. The van der Waals surface area contributed by atoms with Gasteiger partial charge in [0.1, 0.15) is 0 Å².